The van der Waals surface area contributed by atoms with E-state index in [2.05, 4.69) is 116 Å². The third-order valence-corrected chi connectivity index (χ3v) is 17.8. The van der Waals surface area contributed by atoms with Gasteiger partial charge in [-0.15, -0.1) is 0 Å². The Morgan fingerprint density at radius 3 is 1.12 bits per heavy atom. The maximum absolute atomic E-state index is 13.4. The van der Waals surface area contributed by atoms with Crippen molar-refractivity contribution in [1.29, 1.82) is 0 Å². The highest BCUT2D eigenvalue weighted by Gasteiger charge is 2.53. The van der Waals surface area contributed by atoms with Crippen molar-refractivity contribution in [2.75, 3.05) is 26.4 Å². The monoisotopic (exact) mass is 1360 g/mol. The molecule has 3 aliphatic heterocycles. The average Bonchev–Trinajstić information content (AvgIpc) is 0.787. The molecule has 3 saturated heterocycles. The van der Waals surface area contributed by atoms with E-state index in [-0.39, 0.29) is 18.9 Å². The fraction of sp³-hybridized carbons (Fsp3) is 0.753. The summed E-state index contributed by atoms with van der Waals surface area (Å²) in [5, 5.41) is 121. The molecule has 96 heavy (non-hydrogen) atoms. The molecule has 0 radical (unpaired) electrons. The zero-order valence-electron chi connectivity index (χ0n) is 58.6. The Labute approximate surface area is 576 Å². The number of aliphatic hydroxyl groups is 11. The summed E-state index contributed by atoms with van der Waals surface area (Å²) >= 11 is 0. The molecule has 0 aromatic carbocycles. The van der Waals surface area contributed by atoms with Crippen molar-refractivity contribution in [3.8, 4) is 0 Å². The minimum absolute atomic E-state index is 0.235. The lowest BCUT2D eigenvalue weighted by Crippen LogP contribution is -2.66. The molecule has 0 aliphatic carbocycles. The highest BCUT2D eigenvalue weighted by molar-refractivity contribution is 5.76. The van der Waals surface area contributed by atoms with Crippen LogP contribution in [-0.2, 0) is 33.2 Å². The first-order chi connectivity index (χ1) is 46.8. The number of carbonyl (C=O) groups excluding carboxylic acids is 1. The summed E-state index contributed by atoms with van der Waals surface area (Å²) in [5.74, 6) is -0.282. The number of allylic oxidation sites excluding steroid dienone is 17. The van der Waals surface area contributed by atoms with Gasteiger partial charge in [-0.2, -0.15) is 0 Å². The van der Waals surface area contributed by atoms with Crippen LogP contribution in [-0.4, -0.2) is 193 Å². The Morgan fingerprint density at radius 1 is 0.385 bits per heavy atom. The third kappa shape index (κ3) is 37.8. The van der Waals surface area contributed by atoms with Crippen molar-refractivity contribution >= 4 is 5.91 Å². The molecular formula is C77H131NO18. The van der Waals surface area contributed by atoms with Crippen molar-refractivity contribution in [2.45, 2.75) is 343 Å². The summed E-state index contributed by atoms with van der Waals surface area (Å²) in [6.45, 7) is 1.60. The zero-order valence-corrected chi connectivity index (χ0v) is 58.6. The van der Waals surface area contributed by atoms with Gasteiger partial charge in [0.2, 0.25) is 5.91 Å². The third-order valence-electron chi connectivity index (χ3n) is 17.8. The van der Waals surface area contributed by atoms with Crippen LogP contribution in [0.2, 0.25) is 0 Å². The quantitative estimate of drug-likeness (QED) is 0.0199. The minimum atomic E-state index is -1.98. The Hall–Kier alpha value is -3.55. The highest BCUT2D eigenvalue weighted by Crippen LogP contribution is 2.33. The van der Waals surface area contributed by atoms with Gasteiger partial charge in [-0.3, -0.25) is 4.79 Å². The molecule has 12 N–H and O–H groups in total. The van der Waals surface area contributed by atoms with Crippen molar-refractivity contribution in [3.63, 3.8) is 0 Å². The number of hydrogen-bond donors (Lipinski definition) is 12. The molecule has 17 unspecified atom stereocenters. The molecule has 0 aromatic heterocycles. The SMILES string of the molecule is CC/C=C\C/C=C\C/C=C\C/C=C\C/C=C\C/C=C\C/C=C\C/C=C\CCCCCCCCCCCCCCC(=O)NC(COC1OC(CO)C(OC2OC(CO)C(OC3OC(CO)C(O)C(O)C3O)C(O)C2O)C(O)C1O)C(O)/C=C/CCCCCCCCCCCCCC. The molecule has 19 heteroatoms. The van der Waals surface area contributed by atoms with Crippen LogP contribution in [0.3, 0.4) is 0 Å². The number of amides is 1. The Bertz CT molecular complexity index is 2160. The fourth-order valence-corrected chi connectivity index (χ4v) is 11.9. The van der Waals surface area contributed by atoms with Crippen LogP contribution < -0.4 is 5.32 Å². The maximum Gasteiger partial charge on any atom is 0.220 e. The minimum Gasteiger partial charge on any atom is -0.394 e. The van der Waals surface area contributed by atoms with Gasteiger partial charge < -0.3 is 89.9 Å². The van der Waals surface area contributed by atoms with Crippen LogP contribution in [0.5, 0.6) is 0 Å². The summed E-state index contributed by atoms with van der Waals surface area (Å²) < 4.78 is 34.3. The molecule has 0 spiro atoms. The smallest absolute Gasteiger partial charge is 0.220 e. The molecule has 17 atom stereocenters. The molecule has 0 saturated carbocycles. The predicted molar refractivity (Wildman–Crippen MR) is 378 cm³/mol. The Kier molecular flexibility index (Phi) is 51.6. The van der Waals surface area contributed by atoms with Crippen LogP contribution in [0.4, 0.5) is 0 Å². The molecule has 552 valence electrons. The first-order valence-corrected chi connectivity index (χ1v) is 37.1. The van der Waals surface area contributed by atoms with Crippen molar-refractivity contribution < 1.29 is 89.4 Å². The Morgan fingerprint density at radius 2 is 0.719 bits per heavy atom. The van der Waals surface area contributed by atoms with Crippen LogP contribution in [0.1, 0.15) is 239 Å². The Balaban J connectivity index is 1.34. The second kappa shape index (κ2) is 57.1. The number of unbranched alkanes of at least 4 members (excludes halogenated alkanes) is 24. The van der Waals surface area contributed by atoms with Crippen molar-refractivity contribution in [1.82, 2.24) is 5.32 Å². The second-order valence-electron chi connectivity index (χ2n) is 26.0. The van der Waals surface area contributed by atoms with E-state index < -0.39 is 124 Å². The van der Waals surface area contributed by atoms with Gasteiger partial charge in [0, 0.05) is 6.42 Å². The van der Waals surface area contributed by atoms with Crippen molar-refractivity contribution in [3.05, 3.63) is 109 Å². The highest BCUT2D eigenvalue weighted by atomic mass is 16.8. The van der Waals surface area contributed by atoms with Crippen LogP contribution in [0, 0.1) is 0 Å². The standard InChI is InChI=1S/C77H131NO18/c1-3-5-7-9-11-13-15-17-19-20-21-22-23-24-25-26-27-28-29-30-31-32-33-34-35-36-37-38-39-40-41-43-45-47-49-51-53-55-65(83)78-60(61(82)54-52-50-48-46-44-42-18-16-14-12-10-8-6-4-2)59-91-75-71(89)68(86)73(63(57-80)93-75)96-77-72(90)69(87)74(64(58-81)94-77)95-76-70(88)67(85)66(84)62(56-79)92-76/h5,7,11,13,17,19,21-22,24-25,27-28,30-31,33-34,52,54,60-64,66-77,79-82,84-90H,3-4,6,8-10,12,14-16,18,20,23,26,29,32,35-51,53,55-59H2,1-2H3,(H,78,83)/b7-5-,13-11-,19-17-,22-21-,25-24-,28-27-,31-30-,34-33-,54-52+. The van der Waals surface area contributed by atoms with E-state index in [1.807, 2.05) is 6.08 Å². The lowest BCUT2D eigenvalue weighted by molar-refractivity contribution is -0.379. The van der Waals surface area contributed by atoms with Gasteiger partial charge in [-0.1, -0.05) is 258 Å². The number of rotatable bonds is 56. The summed E-state index contributed by atoms with van der Waals surface area (Å²) in [5.41, 5.74) is 0. The molecule has 19 nitrogen and oxygen atoms in total. The van der Waals surface area contributed by atoms with E-state index in [0.29, 0.717) is 6.42 Å². The first-order valence-electron chi connectivity index (χ1n) is 37.1. The van der Waals surface area contributed by atoms with E-state index in [1.165, 1.54) is 103 Å². The number of nitrogens with one attached hydrogen (secondary N) is 1. The van der Waals surface area contributed by atoms with E-state index in [1.54, 1.807) is 6.08 Å². The first kappa shape index (κ1) is 86.7. The summed E-state index contributed by atoms with van der Waals surface area (Å²) in [4.78, 5) is 13.4. The van der Waals surface area contributed by atoms with Crippen molar-refractivity contribution in [2.24, 2.45) is 0 Å². The van der Waals surface area contributed by atoms with Gasteiger partial charge in [0.15, 0.2) is 18.9 Å². The molecule has 3 aliphatic rings. The molecule has 1 amide bonds. The van der Waals surface area contributed by atoms with Gasteiger partial charge in [-0.05, 0) is 83.5 Å². The lowest BCUT2D eigenvalue weighted by atomic mass is 9.96. The molecule has 0 bridgehead atoms. The molecular weight excluding hydrogens is 1230 g/mol. The normalized spacial score (nSPS) is 27.7. The van der Waals surface area contributed by atoms with E-state index in [9.17, 15) is 61.0 Å². The van der Waals surface area contributed by atoms with Gasteiger partial charge >= 0.3 is 0 Å². The largest absolute Gasteiger partial charge is 0.394 e. The van der Waals surface area contributed by atoms with E-state index in [0.717, 1.165) is 109 Å². The topological polar surface area (TPSA) is 307 Å². The summed E-state index contributed by atoms with van der Waals surface area (Å²) in [6.07, 6.45) is 50.7. The predicted octanol–water partition coefficient (Wildman–Crippen LogP) is 11.0. The van der Waals surface area contributed by atoms with E-state index >= 15 is 0 Å². The zero-order chi connectivity index (χ0) is 69.6. The number of aliphatic hydroxyl groups excluding tert-OH is 11. The number of ether oxygens (including phenoxy) is 6. The van der Waals surface area contributed by atoms with Crippen LogP contribution in [0.25, 0.3) is 0 Å². The molecule has 0 aromatic rings. The van der Waals surface area contributed by atoms with Crippen LogP contribution >= 0.6 is 0 Å². The molecule has 3 rings (SSSR count). The number of carbonyl (C=O) groups is 1. The fourth-order valence-electron chi connectivity index (χ4n) is 11.9. The van der Waals surface area contributed by atoms with Gasteiger partial charge in [-0.25, -0.2) is 0 Å². The van der Waals surface area contributed by atoms with Gasteiger partial charge in [0.05, 0.1) is 38.6 Å². The lowest BCUT2D eigenvalue weighted by Gasteiger charge is -2.48. The second-order valence-corrected chi connectivity index (χ2v) is 26.0. The maximum atomic E-state index is 13.4. The van der Waals surface area contributed by atoms with E-state index in [4.69, 9.17) is 28.4 Å². The van der Waals surface area contributed by atoms with Gasteiger partial charge in [0.1, 0.15) is 73.2 Å². The number of hydrogen-bond acceptors (Lipinski definition) is 18. The molecule has 3 heterocycles. The summed E-state index contributed by atoms with van der Waals surface area (Å²) in [6, 6.07) is -0.980. The average molecular weight is 1360 g/mol. The van der Waals surface area contributed by atoms with Gasteiger partial charge in [0.25, 0.3) is 0 Å². The molecule has 3 fully saturated rings. The van der Waals surface area contributed by atoms with Crippen LogP contribution in [0.15, 0.2) is 109 Å². The summed E-state index contributed by atoms with van der Waals surface area (Å²) in [7, 11) is 0.